The number of hydrogen-bond donors (Lipinski definition) is 1. The van der Waals surface area contributed by atoms with E-state index in [2.05, 4.69) is 10.1 Å². The van der Waals surface area contributed by atoms with Crippen LogP contribution in [0.25, 0.3) is 0 Å². The molecule has 1 aromatic carbocycles. The normalized spacial score (nSPS) is 10.5. The van der Waals surface area contributed by atoms with Crippen molar-refractivity contribution in [3.8, 4) is 0 Å². The molecule has 2 aromatic rings. The number of aromatic nitrogens is 2. The number of hydrogen-bond acceptors (Lipinski definition) is 4. The van der Waals surface area contributed by atoms with Crippen LogP contribution in [0.5, 0.6) is 0 Å². The van der Waals surface area contributed by atoms with Crippen molar-refractivity contribution in [1.29, 1.82) is 0 Å². The van der Waals surface area contributed by atoms with Crippen LogP contribution in [0, 0.1) is 5.82 Å². The van der Waals surface area contributed by atoms with Gasteiger partial charge in [0.05, 0.1) is 6.42 Å². The summed E-state index contributed by atoms with van der Waals surface area (Å²) in [5, 5.41) is 12.2. The van der Waals surface area contributed by atoms with Crippen molar-refractivity contribution in [2.24, 2.45) is 0 Å². The quantitative estimate of drug-likeness (QED) is 0.875. The van der Waals surface area contributed by atoms with Crippen LogP contribution in [0.15, 0.2) is 28.8 Å². The highest BCUT2D eigenvalue weighted by Gasteiger charge is 2.09. The second-order valence-electron chi connectivity index (χ2n) is 3.80. The van der Waals surface area contributed by atoms with E-state index in [1.165, 1.54) is 12.1 Å². The van der Waals surface area contributed by atoms with Gasteiger partial charge >= 0.3 is 5.97 Å². The van der Waals surface area contributed by atoms with E-state index in [4.69, 9.17) is 9.63 Å². The largest absolute Gasteiger partial charge is 0.481 e. The highest BCUT2D eigenvalue weighted by atomic mass is 19.1. The summed E-state index contributed by atoms with van der Waals surface area (Å²) in [6.45, 7) is 0. The molecule has 0 fully saturated rings. The third kappa shape index (κ3) is 3.38. The zero-order chi connectivity index (χ0) is 13.0. The molecule has 0 atom stereocenters. The van der Waals surface area contributed by atoms with Gasteiger partial charge in [-0.1, -0.05) is 17.3 Å². The number of carbonyl (C=O) groups is 1. The van der Waals surface area contributed by atoms with Crippen molar-refractivity contribution in [2.75, 3.05) is 0 Å². The number of aliphatic carboxylic acids is 1. The minimum Gasteiger partial charge on any atom is -0.481 e. The molecule has 94 valence electrons. The molecule has 0 radical (unpaired) electrons. The van der Waals surface area contributed by atoms with E-state index in [0.717, 1.165) is 5.56 Å². The summed E-state index contributed by atoms with van der Waals surface area (Å²) in [4.78, 5) is 14.4. The van der Waals surface area contributed by atoms with Crippen LogP contribution in [0.2, 0.25) is 0 Å². The summed E-state index contributed by atoms with van der Waals surface area (Å²) in [6.07, 6.45) is 0.501. The van der Waals surface area contributed by atoms with Gasteiger partial charge in [-0.3, -0.25) is 4.79 Å². The predicted molar refractivity (Wildman–Crippen MR) is 59.5 cm³/mol. The average Bonchev–Trinajstić information content (AvgIpc) is 2.74. The number of carboxylic acid groups (broad SMARTS) is 1. The minimum atomic E-state index is -0.917. The zero-order valence-electron chi connectivity index (χ0n) is 9.47. The topological polar surface area (TPSA) is 76.2 Å². The number of carboxylic acids is 1. The molecular weight excluding hydrogens is 239 g/mol. The lowest BCUT2D eigenvalue weighted by Crippen LogP contribution is -1.98. The number of benzene rings is 1. The molecule has 0 aliphatic carbocycles. The molecule has 0 saturated heterocycles. The molecule has 0 saturated carbocycles. The van der Waals surface area contributed by atoms with Crippen molar-refractivity contribution in [2.45, 2.75) is 19.3 Å². The summed E-state index contributed by atoms with van der Waals surface area (Å²) < 4.78 is 17.9. The Morgan fingerprint density at radius 1 is 1.44 bits per heavy atom. The molecule has 0 aliphatic heterocycles. The van der Waals surface area contributed by atoms with E-state index in [1.54, 1.807) is 12.1 Å². The standard InChI is InChI=1S/C12H11FN2O3/c13-9-3-1-2-8(6-9)7-10-14-11(18-15-10)4-5-12(16)17/h1-3,6H,4-5,7H2,(H,16,17). The molecule has 0 bridgehead atoms. The molecule has 1 heterocycles. The Bertz CT molecular complexity index is 554. The Morgan fingerprint density at radius 2 is 2.28 bits per heavy atom. The van der Waals surface area contributed by atoms with Crippen molar-refractivity contribution in [3.63, 3.8) is 0 Å². The number of halogens is 1. The minimum absolute atomic E-state index is 0.0540. The average molecular weight is 250 g/mol. The lowest BCUT2D eigenvalue weighted by molar-refractivity contribution is -0.137. The first-order valence-electron chi connectivity index (χ1n) is 5.41. The summed E-state index contributed by atoms with van der Waals surface area (Å²) in [5.41, 5.74) is 0.737. The molecule has 5 nitrogen and oxygen atoms in total. The first-order chi connectivity index (χ1) is 8.63. The molecule has 6 heteroatoms. The molecule has 1 aromatic heterocycles. The molecule has 2 rings (SSSR count). The lowest BCUT2D eigenvalue weighted by Gasteiger charge is -1.95. The predicted octanol–water partition coefficient (Wildman–Crippen LogP) is 1.82. The molecular formula is C12H11FN2O3. The molecule has 1 N–H and O–H groups in total. The van der Waals surface area contributed by atoms with Gasteiger partial charge in [0.15, 0.2) is 5.82 Å². The van der Waals surface area contributed by atoms with Gasteiger partial charge in [-0.2, -0.15) is 4.98 Å². The number of aryl methyl sites for hydroxylation is 1. The molecule has 0 spiro atoms. The van der Waals surface area contributed by atoms with Crippen molar-refractivity contribution >= 4 is 5.97 Å². The maximum atomic E-state index is 13.0. The third-order valence-corrected chi connectivity index (χ3v) is 2.31. The van der Waals surface area contributed by atoms with Crippen molar-refractivity contribution in [1.82, 2.24) is 10.1 Å². The Balaban J connectivity index is 2.00. The number of rotatable bonds is 5. The lowest BCUT2D eigenvalue weighted by atomic mass is 10.1. The monoisotopic (exact) mass is 250 g/mol. The van der Waals surface area contributed by atoms with E-state index < -0.39 is 5.97 Å². The van der Waals surface area contributed by atoms with E-state index in [9.17, 15) is 9.18 Å². The van der Waals surface area contributed by atoms with Crippen LogP contribution in [-0.4, -0.2) is 21.2 Å². The van der Waals surface area contributed by atoms with Gasteiger partial charge < -0.3 is 9.63 Å². The summed E-state index contributed by atoms with van der Waals surface area (Å²) in [7, 11) is 0. The smallest absolute Gasteiger partial charge is 0.303 e. The maximum absolute atomic E-state index is 13.0. The Kier molecular flexibility index (Phi) is 3.66. The van der Waals surface area contributed by atoms with Crippen LogP contribution >= 0.6 is 0 Å². The van der Waals surface area contributed by atoms with Gasteiger partial charge in [0, 0.05) is 12.8 Å². The fourth-order valence-electron chi connectivity index (χ4n) is 1.51. The van der Waals surface area contributed by atoms with Crippen molar-refractivity contribution < 1.29 is 18.8 Å². The van der Waals surface area contributed by atoms with Crippen LogP contribution in [0.1, 0.15) is 23.7 Å². The van der Waals surface area contributed by atoms with Gasteiger partial charge in [0.25, 0.3) is 0 Å². The second-order valence-corrected chi connectivity index (χ2v) is 3.80. The van der Waals surface area contributed by atoms with Gasteiger partial charge in [-0.15, -0.1) is 0 Å². The highest BCUT2D eigenvalue weighted by molar-refractivity contribution is 5.66. The van der Waals surface area contributed by atoms with Gasteiger partial charge in [-0.25, -0.2) is 4.39 Å². The van der Waals surface area contributed by atoms with E-state index in [0.29, 0.717) is 12.2 Å². The molecule has 18 heavy (non-hydrogen) atoms. The third-order valence-electron chi connectivity index (χ3n) is 2.31. The first-order valence-corrected chi connectivity index (χ1v) is 5.41. The van der Waals surface area contributed by atoms with Gasteiger partial charge in [0.1, 0.15) is 5.82 Å². The Labute approximate surface area is 102 Å². The van der Waals surface area contributed by atoms with Crippen molar-refractivity contribution in [3.05, 3.63) is 47.4 Å². The summed E-state index contributed by atoms with van der Waals surface area (Å²) in [5.74, 6) is -0.535. The van der Waals surface area contributed by atoms with Crippen LogP contribution in [0.3, 0.4) is 0 Å². The molecule has 0 aliphatic rings. The van der Waals surface area contributed by atoms with Crippen LogP contribution in [0.4, 0.5) is 4.39 Å². The fraction of sp³-hybridized carbons (Fsp3) is 0.250. The molecule has 0 unspecified atom stereocenters. The van der Waals surface area contributed by atoms with Crippen LogP contribution < -0.4 is 0 Å². The van der Waals surface area contributed by atoms with E-state index in [1.807, 2.05) is 0 Å². The maximum Gasteiger partial charge on any atom is 0.303 e. The van der Waals surface area contributed by atoms with Gasteiger partial charge in [0.2, 0.25) is 5.89 Å². The van der Waals surface area contributed by atoms with E-state index >= 15 is 0 Å². The zero-order valence-corrected chi connectivity index (χ0v) is 9.47. The first kappa shape index (κ1) is 12.2. The fourth-order valence-corrected chi connectivity index (χ4v) is 1.51. The molecule has 0 amide bonds. The number of nitrogens with zero attached hydrogens (tertiary/aromatic N) is 2. The van der Waals surface area contributed by atoms with E-state index in [-0.39, 0.29) is 24.5 Å². The van der Waals surface area contributed by atoms with Crippen LogP contribution in [-0.2, 0) is 17.6 Å². The Morgan fingerprint density at radius 3 is 3.00 bits per heavy atom. The Hall–Kier alpha value is -2.24. The summed E-state index contributed by atoms with van der Waals surface area (Å²) >= 11 is 0. The SMILES string of the molecule is O=C(O)CCc1nc(Cc2cccc(F)c2)no1. The summed E-state index contributed by atoms with van der Waals surface area (Å²) in [6, 6.07) is 6.12. The second kappa shape index (κ2) is 5.39. The van der Waals surface area contributed by atoms with Gasteiger partial charge in [-0.05, 0) is 17.7 Å². The highest BCUT2D eigenvalue weighted by Crippen LogP contribution is 2.09.